The van der Waals surface area contributed by atoms with E-state index in [0.29, 0.717) is 34.5 Å². The minimum absolute atomic E-state index is 0.0687. The predicted octanol–water partition coefficient (Wildman–Crippen LogP) is 3.76. The van der Waals surface area contributed by atoms with Gasteiger partial charge in [-0.2, -0.15) is 5.10 Å². The zero-order valence-corrected chi connectivity index (χ0v) is 17.4. The molecule has 140 valence electrons. The molecule has 1 aliphatic heterocycles. The first-order chi connectivity index (χ1) is 13.0. The fourth-order valence-electron chi connectivity index (χ4n) is 3.12. The Hall–Kier alpha value is -1.67. The standard InChI is InChI=1S/C18H16BrCl2N5O/c19-13-9-22-17-8-16(23-26(17)11-13)18(27)25-5-3-24(4-6-25)10-12-1-2-14(20)7-15(12)21/h1-2,7-9,11H,3-6,10H2. The van der Waals surface area contributed by atoms with Crippen LogP contribution in [-0.2, 0) is 6.54 Å². The summed E-state index contributed by atoms with van der Waals surface area (Å²) in [6, 6.07) is 7.27. The van der Waals surface area contributed by atoms with Crippen LogP contribution in [0.3, 0.4) is 0 Å². The third-order valence-corrected chi connectivity index (χ3v) is 5.57. The maximum atomic E-state index is 12.8. The molecule has 1 aromatic carbocycles. The molecule has 0 atom stereocenters. The third kappa shape index (κ3) is 4.11. The van der Waals surface area contributed by atoms with E-state index < -0.39 is 0 Å². The van der Waals surface area contributed by atoms with E-state index >= 15 is 0 Å². The Morgan fingerprint density at radius 1 is 1.15 bits per heavy atom. The second-order valence-electron chi connectivity index (χ2n) is 6.41. The van der Waals surface area contributed by atoms with Gasteiger partial charge in [0.25, 0.3) is 5.91 Å². The van der Waals surface area contributed by atoms with E-state index in [-0.39, 0.29) is 5.91 Å². The number of hydrogen-bond donors (Lipinski definition) is 0. The lowest BCUT2D eigenvalue weighted by Crippen LogP contribution is -2.48. The SMILES string of the molecule is O=C(c1cc2ncc(Br)cn2n1)N1CCN(Cc2ccc(Cl)cc2Cl)CC1. The Morgan fingerprint density at radius 3 is 2.67 bits per heavy atom. The second-order valence-corrected chi connectivity index (χ2v) is 8.17. The van der Waals surface area contributed by atoms with Crippen molar-refractivity contribution in [1.82, 2.24) is 24.4 Å². The highest BCUT2D eigenvalue weighted by atomic mass is 79.9. The van der Waals surface area contributed by atoms with Gasteiger partial charge in [0.1, 0.15) is 0 Å². The molecule has 4 rings (SSSR count). The smallest absolute Gasteiger partial charge is 0.274 e. The lowest BCUT2D eigenvalue weighted by atomic mass is 10.2. The largest absolute Gasteiger partial charge is 0.335 e. The van der Waals surface area contributed by atoms with Crippen molar-refractivity contribution in [3.8, 4) is 0 Å². The Balaban J connectivity index is 1.40. The third-order valence-electron chi connectivity index (χ3n) is 4.57. The summed E-state index contributed by atoms with van der Waals surface area (Å²) in [6.07, 6.45) is 3.47. The first-order valence-electron chi connectivity index (χ1n) is 8.46. The van der Waals surface area contributed by atoms with E-state index in [2.05, 4.69) is 30.9 Å². The normalized spacial score (nSPS) is 15.4. The zero-order valence-electron chi connectivity index (χ0n) is 14.3. The van der Waals surface area contributed by atoms with Crippen LogP contribution in [0.15, 0.2) is 41.1 Å². The van der Waals surface area contributed by atoms with Crippen LogP contribution in [0.1, 0.15) is 16.1 Å². The Kier molecular flexibility index (Phi) is 5.36. The fraction of sp³-hybridized carbons (Fsp3) is 0.278. The number of amides is 1. The molecule has 1 fully saturated rings. The van der Waals surface area contributed by atoms with Crippen LogP contribution in [0.4, 0.5) is 0 Å². The number of benzene rings is 1. The summed E-state index contributed by atoms with van der Waals surface area (Å²) in [4.78, 5) is 21.1. The highest BCUT2D eigenvalue weighted by molar-refractivity contribution is 9.10. The Morgan fingerprint density at radius 2 is 1.93 bits per heavy atom. The van der Waals surface area contributed by atoms with Crippen molar-refractivity contribution in [2.24, 2.45) is 0 Å². The summed E-state index contributed by atoms with van der Waals surface area (Å²) >= 11 is 15.6. The Bertz CT molecular complexity index is 1000. The summed E-state index contributed by atoms with van der Waals surface area (Å²) in [7, 11) is 0. The van der Waals surface area contributed by atoms with Crippen LogP contribution < -0.4 is 0 Å². The highest BCUT2D eigenvalue weighted by Gasteiger charge is 2.24. The van der Waals surface area contributed by atoms with Gasteiger partial charge in [0.05, 0.1) is 4.47 Å². The number of nitrogens with zero attached hydrogens (tertiary/aromatic N) is 5. The number of halogens is 3. The van der Waals surface area contributed by atoms with Crippen molar-refractivity contribution in [2.75, 3.05) is 26.2 Å². The van der Waals surface area contributed by atoms with Crippen LogP contribution >= 0.6 is 39.1 Å². The topological polar surface area (TPSA) is 53.7 Å². The molecule has 0 saturated carbocycles. The average Bonchev–Trinajstić information content (AvgIpc) is 3.07. The number of hydrogen-bond acceptors (Lipinski definition) is 4. The fourth-order valence-corrected chi connectivity index (χ4v) is 3.88. The van der Waals surface area contributed by atoms with Crippen molar-refractivity contribution in [3.05, 3.63) is 62.4 Å². The van der Waals surface area contributed by atoms with Gasteiger partial charge in [-0.05, 0) is 33.6 Å². The molecule has 1 saturated heterocycles. The molecule has 6 nitrogen and oxygen atoms in total. The molecule has 0 spiro atoms. The molecular weight excluding hydrogens is 453 g/mol. The van der Waals surface area contributed by atoms with Crippen molar-refractivity contribution >= 4 is 50.7 Å². The minimum Gasteiger partial charge on any atom is -0.335 e. The number of piperazine rings is 1. The van der Waals surface area contributed by atoms with E-state index in [1.807, 2.05) is 17.0 Å². The number of carbonyl (C=O) groups is 1. The first kappa shape index (κ1) is 18.7. The van der Waals surface area contributed by atoms with Gasteiger partial charge < -0.3 is 4.90 Å². The molecule has 1 amide bonds. The van der Waals surface area contributed by atoms with Crippen molar-refractivity contribution in [3.63, 3.8) is 0 Å². The number of carbonyl (C=O) groups excluding carboxylic acids is 1. The monoisotopic (exact) mass is 467 g/mol. The van der Waals surface area contributed by atoms with Gasteiger partial charge in [-0.15, -0.1) is 0 Å². The molecule has 9 heteroatoms. The predicted molar refractivity (Wildman–Crippen MR) is 108 cm³/mol. The van der Waals surface area contributed by atoms with Crippen molar-refractivity contribution in [2.45, 2.75) is 6.54 Å². The van der Waals surface area contributed by atoms with Crippen LogP contribution in [0.5, 0.6) is 0 Å². The van der Waals surface area contributed by atoms with Gasteiger partial charge in [0.2, 0.25) is 0 Å². The van der Waals surface area contributed by atoms with Crippen LogP contribution in [-0.4, -0.2) is 56.5 Å². The van der Waals surface area contributed by atoms with Gasteiger partial charge in [0, 0.05) is 61.2 Å². The summed E-state index contributed by atoms with van der Waals surface area (Å²) in [5.74, 6) is -0.0687. The second kappa shape index (κ2) is 7.75. The zero-order chi connectivity index (χ0) is 19.0. The molecule has 3 aromatic rings. The summed E-state index contributed by atoms with van der Waals surface area (Å²) in [6.45, 7) is 3.60. The molecule has 0 bridgehead atoms. The van der Waals surface area contributed by atoms with Gasteiger partial charge in [-0.25, -0.2) is 9.50 Å². The van der Waals surface area contributed by atoms with Gasteiger partial charge in [-0.1, -0.05) is 29.3 Å². The highest BCUT2D eigenvalue weighted by Crippen LogP contribution is 2.23. The number of fused-ring (bicyclic) bond motifs is 1. The molecule has 27 heavy (non-hydrogen) atoms. The first-order valence-corrected chi connectivity index (χ1v) is 10.0. The molecule has 0 radical (unpaired) electrons. The minimum atomic E-state index is -0.0687. The molecule has 3 heterocycles. The van der Waals surface area contributed by atoms with Gasteiger partial charge in [-0.3, -0.25) is 9.69 Å². The summed E-state index contributed by atoms with van der Waals surface area (Å²) in [5, 5.41) is 5.65. The van der Waals surface area contributed by atoms with E-state index in [1.165, 1.54) is 0 Å². The van der Waals surface area contributed by atoms with E-state index in [9.17, 15) is 4.79 Å². The maximum Gasteiger partial charge on any atom is 0.274 e. The van der Waals surface area contributed by atoms with Gasteiger partial charge in [0.15, 0.2) is 11.3 Å². The molecule has 0 unspecified atom stereocenters. The number of rotatable bonds is 3. The van der Waals surface area contributed by atoms with Crippen LogP contribution in [0.2, 0.25) is 10.0 Å². The lowest BCUT2D eigenvalue weighted by molar-refractivity contribution is 0.0622. The average molecular weight is 469 g/mol. The van der Waals surface area contributed by atoms with E-state index in [0.717, 1.165) is 29.7 Å². The van der Waals surface area contributed by atoms with E-state index in [4.69, 9.17) is 23.2 Å². The summed E-state index contributed by atoms with van der Waals surface area (Å²) < 4.78 is 2.42. The molecule has 0 aliphatic carbocycles. The van der Waals surface area contributed by atoms with Crippen LogP contribution in [0, 0.1) is 0 Å². The lowest BCUT2D eigenvalue weighted by Gasteiger charge is -2.34. The van der Waals surface area contributed by atoms with Crippen molar-refractivity contribution in [1.29, 1.82) is 0 Å². The van der Waals surface area contributed by atoms with Crippen LogP contribution in [0.25, 0.3) is 5.65 Å². The van der Waals surface area contributed by atoms with Crippen molar-refractivity contribution < 1.29 is 4.79 Å². The Labute approximate surface area is 174 Å². The molecule has 0 N–H and O–H groups in total. The van der Waals surface area contributed by atoms with E-state index in [1.54, 1.807) is 29.0 Å². The molecular formula is C18H16BrCl2N5O. The molecule has 1 aliphatic rings. The molecule has 2 aromatic heterocycles. The van der Waals surface area contributed by atoms with Gasteiger partial charge >= 0.3 is 0 Å². The summed E-state index contributed by atoms with van der Waals surface area (Å²) in [5.41, 5.74) is 2.10. The quantitative estimate of drug-likeness (QED) is 0.587. The maximum absolute atomic E-state index is 12.8. The number of aromatic nitrogens is 3.